The molecule has 0 rings (SSSR count). The van der Waals surface area contributed by atoms with Crippen LogP contribution in [0, 0.1) is 0 Å². The summed E-state index contributed by atoms with van der Waals surface area (Å²) in [6, 6.07) is 0. The summed E-state index contributed by atoms with van der Waals surface area (Å²) < 4.78 is 9.89. The van der Waals surface area contributed by atoms with Crippen LogP contribution in [0.5, 0.6) is 0 Å². The first-order chi connectivity index (χ1) is 1.73. The highest BCUT2D eigenvalue weighted by Crippen LogP contribution is 1.69. The van der Waals surface area contributed by atoms with Gasteiger partial charge in [0.2, 0.25) is 0 Å². The Morgan fingerprint density at radius 2 is 1.50 bits per heavy atom. The molecule has 24 valence electrons. The van der Waals surface area contributed by atoms with Gasteiger partial charge >= 0.3 is 6.54 Å². The molecule has 0 saturated carbocycles. The fraction of sp³-hybridized carbons (Fsp3) is 1.00. The van der Waals surface area contributed by atoms with Crippen molar-refractivity contribution >= 4 is 0 Å². The van der Waals surface area contributed by atoms with E-state index < -0.39 is 6.54 Å². The first-order valence-corrected chi connectivity index (χ1v) is 0.690. The van der Waals surface area contributed by atoms with Crippen molar-refractivity contribution < 1.29 is 14.6 Å². The molecule has 4 heavy (non-hydrogen) atoms. The second-order valence-electron chi connectivity index (χ2n) is 0.274. The standard InChI is InChI=1S/CHFO2/c2-1(3)4/h1H. The van der Waals surface area contributed by atoms with E-state index in [-0.39, 0.29) is 0 Å². The smallest absolute Gasteiger partial charge is 0.178 e. The van der Waals surface area contributed by atoms with Gasteiger partial charge in [0.25, 0.3) is 0 Å². The summed E-state index contributed by atoms with van der Waals surface area (Å²) in [5, 5.41) is 16.6. The lowest BCUT2D eigenvalue weighted by Crippen LogP contribution is -1.82. The number of alkyl halides is 1. The highest BCUT2D eigenvalue weighted by atomic mass is 19.2. The molecule has 0 atom stereocenters. The van der Waals surface area contributed by atoms with Crippen LogP contribution in [0.2, 0.25) is 0 Å². The second kappa shape index (κ2) is 1.20. The zero-order valence-corrected chi connectivity index (χ0v) is 1.77. The molecule has 0 aromatic heterocycles. The van der Waals surface area contributed by atoms with E-state index in [4.69, 9.17) is 10.2 Å². The second-order valence-corrected chi connectivity index (χ2v) is 0.274. The van der Waals surface area contributed by atoms with Crippen LogP contribution < -0.4 is 0 Å². The number of hydrogen-bond donors (Lipinski definition) is 0. The summed E-state index contributed by atoms with van der Waals surface area (Å²) in [4.78, 5) is 0. The molecule has 0 spiro atoms. The highest BCUT2D eigenvalue weighted by Gasteiger charge is 1.85. The largest absolute Gasteiger partial charge is 0.363 e. The van der Waals surface area contributed by atoms with Gasteiger partial charge in [-0.15, -0.1) is 0 Å². The van der Waals surface area contributed by atoms with Gasteiger partial charge in [-0.05, 0) is 0 Å². The Hall–Kier alpha value is -0.150. The van der Waals surface area contributed by atoms with E-state index in [2.05, 4.69) is 0 Å². The minimum Gasteiger partial charge on any atom is -0.178 e. The average molecular weight is 64.0 g/mol. The summed E-state index contributed by atoms with van der Waals surface area (Å²) >= 11 is 0. The normalized spacial score (nSPS) is 9.00. The zero-order chi connectivity index (χ0) is 3.58. The Morgan fingerprint density at radius 1 is 1.50 bits per heavy atom. The van der Waals surface area contributed by atoms with Gasteiger partial charge in [-0.2, -0.15) is 14.6 Å². The minimum atomic E-state index is -3.17. The molecule has 0 unspecified atom stereocenters. The molecule has 0 fully saturated rings. The fourth-order valence-electron chi connectivity index (χ4n) is 0. The molecule has 0 aromatic rings. The first kappa shape index (κ1) is 3.85. The van der Waals surface area contributed by atoms with E-state index in [0.717, 1.165) is 0 Å². The van der Waals surface area contributed by atoms with E-state index in [1.54, 1.807) is 0 Å². The van der Waals surface area contributed by atoms with Gasteiger partial charge < -0.3 is 0 Å². The number of rotatable bonds is 0. The van der Waals surface area contributed by atoms with Crippen LogP contribution in [0.4, 0.5) is 4.39 Å². The fourth-order valence-corrected chi connectivity index (χ4v) is 0. The summed E-state index contributed by atoms with van der Waals surface area (Å²) in [5.74, 6) is 0. The highest BCUT2D eigenvalue weighted by molar-refractivity contribution is 3.76. The molecule has 3 heteroatoms. The van der Waals surface area contributed by atoms with Crippen molar-refractivity contribution in [3.05, 3.63) is 0 Å². The molecule has 0 saturated heterocycles. The van der Waals surface area contributed by atoms with Crippen molar-refractivity contribution in [1.82, 2.24) is 0 Å². The predicted molar refractivity (Wildman–Crippen MR) is 6.27 cm³/mol. The van der Waals surface area contributed by atoms with Gasteiger partial charge in [-0.3, -0.25) is 0 Å². The average Bonchev–Trinajstić information content (AvgIpc) is 0.811. The van der Waals surface area contributed by atoms with Crippen LogP contribution in [-0.4, -0.2) is 6.54 Å². The van der Waals surface area contributed by atoms with Gasteiger partial charge in [-0.1, -0.05) is 0 Å². The molecular formula is CHFO2. The first-order valence-electron chi connectivity index (χ1n) is 0.690. The predicted octanol–water partition coefficient (Wildman–Crippen LogP) is 0.100. The molecule has 0 amide bonds. The van der Waals surface area contributed by atoms with Crippen LogP contribution in [0.25, 0.3) is 0 Å². The Morgan fingerprint density at radius 3 is 1.50 bits per heavy atom. The molecule has 0 heterocycles. The number of halogens is 1. The van der Waals surface area contributed by atoms with Crippen molar-refractivity contribution in [2.75, 3.05) is 0 Å². The van der Waals surface area contributed by atoms with Crippen molar-refractivity contribution in [3.63, 3.8) is 0 Å². The lowest BCUT2D eigenvalue weighted by atomic mass is 11.4. The van der Waals surface area contributed by atoms with Crippen molar-refractivity contribution in [3.8, 4) is 0 Å². The molecule has 2 radical (unpaired) electrons. The molecule has 2 nitrogen and oxygen atoms in total. The van der Waals surface area contributed by atoms with Crippen molar-refractivity contribution in [1.29, 1.82) is 0 Å². The lowest BCUT2D eigenvalue weighted by Gasteiger charge is -1.65. The summed E-state index contributed by atoms with van der Waals surface area (Å²) in [5.41, 5.74) is 0. The topological polar surface area (TPSA) is 39.8 Å². The number of hydrogen-bond acceptors (Lipinski definition) is 0. The Balaban J connectivity index is 2.32. The molecule has 0 aliphatic heterocycles. The quantitative estimate of drug-likeness (QED) is 0.358. The van der Waals surface area contributed by atoms with E-state index >= 15 is 0 Å². The molecule has 0 aliphatic rings. The Kier molecular flexibility index (Phi) is 1.16. The Labute approximate surface area is 22.5 Å². The van der Waals surface area contributed by atoms with Crippen LogP contribution in [0.1, 0.15) is 0 Å². The van der Waals surface area contributed by atoms with Gasteiger partial charge in [0, 0.05) is 0 Å². The molecule has 0 bridgehead atoms. The molecular weight excluding hydrogens is 63.0 g/mol. The van der Waals surface area contributed by atoms with Crippen LogP contribution in [0.15, 0.2) is 0 Å². The van der Waals surface area contributed by atoms with Gasteiger partial charge in [0.15, 0.2) is 0 Å². The monoisotopic (exact) mass is 64.0 g/mol. The minimum absolute atomic E-state index is 3.17. The maximum Gasteiger partial charge on any atom is 0.363 e. The summed E-state index contributed by atoms with van der Waals surface area (Å²) in [6.45, 7) is -3.17. The van der Waals surface area contributed by atoms with Crippen molar-refractivity contribution in [2.45, 2.75) is 6.54 Å². The van der Waals surface area contributed by atoms with E-state index in [0.29, 0.717) is 0 Å². The summed E-state index contributed by atoms with van der Waals surface area (Å²) in [6.07, 6.45) is 0. The van der Waals surface area contributed by atoms with Gasteiger partial charge in [-0.25, -0.2) is 0 Å². The lowest BCUT2D eigenvalue weighted by molar-refractivity contribution is -0.221. The third kappa shape index (κ3) is 59.4. The summed E-state index contributed by atoms with van der Waals surface area (Å²) in [7, 11) is 0. The third-order valence-corrected chi connectivity index (χ3v) is 0. The van der Waals surface area contributed by atoms with E-state index in [1.807, 2.05) is 0 Å². The Bertz CT molecular complexity index is 10.8. The maximum absolute atomic E-state index is 9.89. The maximum atomic E-state index is 9.89. The van der Waals surface area contributed by atoms with Crippen molar-refractivity contribution in [2.24, 2.45) is 0 Å². The van der Waals surface area contributed by atoms with E-state index in [1.165, 1.54) is 0 Å². The van der Waals surface area contributed by atoms with Gasteiger partial charge in [0.05, 0.1) is 0 Å². The zero-order valence-electron chi connectivity index (χ0n) is 1.77. The third-order valence-electron chi connectivity index (χ3n) is 0. The van der Waals surface area contributed by atoms with E-state index in [9.17, 15) is 4.39 Å². The van der Waals surface area contributed by atoms with Gasteiger partial charge in [0.1, 0.15) is 0 Å². The van der Waals surface area contributed by atoms with Crippen LogP contribution in [-0.2, 0) is 10.2 Å². The molecule has 0 aliphatic carbocycles. The van der Waals surface area contributed by atoms with Crippen LogP contribution in [0.3, 0.4) is 0 Å². The SMILES string of the molecule is [O]C([O])F. The molecule has 0 aromatic carbocycles. The molecule has 0 N–H and O–H groups in total. The van der Waals surface area contributed by atoms with Crippen LogP contribution >= 0.6 is 0 Å².